The van der Waals surface area contributed by atoms with Gasteiger partial charge < -0.3 is 0 Å². The molecule has 100 valence electrons. The van der Waals surface area contributed by atoms with Crippen LogP contribution in [0.2, 0.25) is 0 Å². The summed E-state index contributed by atoms with van der Waals surface area (Å²) in [6, 6.07) is 6.94. The van der Waals surface area contributed by atoms with Crippen LogP contribution in [0.3, 0.4) is 0 Å². The minimum absolute atomic E-state index is 0.0787. The topological polar surface area (TPSA) is 49.4 Å². The predicted molar refractivity (Wildman–Crippen MR) is 71.8 cm³/mol. The molecule has 1 atom stereocenters. The van der Waals surface area contributed by atoms with E-state index in [-0.39, 0.29) is 6.17 Å². The second-order valence-corrected chi connectivity index (χ2v) is 6.64. The molecule has 1 aliphatic heterocycles. The Morgan fingerprint density at radius 2 is 1.89 bits per heavy atom. The zero-order chi connectivity index (χ0) is 13.2. The largest absolute Gasteiger partial charge is 0.290 e. The summed E-state index contributed by atoms with van der Waals surface area (Å²) in [5, 5.41) is 0. The van der Waals surface area contributed by atoms with E-state index in [1.54, 1.807) is 12.1 Å². The Kier molecular flexibility index (Phi) is 4.04. The summed E-state index contributed by atoms with van der Waals surface area (Å²) in [7, 11) is -1.44. The second kappa shape index (κ2) is 5.38. The van der Waals surface area contributed by atoms with Crippen LogP contribution >= 0.6 is 0 Å². The Labute approximate surface area is 109 Å². The maximum absolute atomic E-state index is 12.2. The molecule has 0 bridgehead atoms. The Bertz CT molecular complexity index is 496. The zero-order valence-electron chi connectivity index (χ0n) is 10.9. The second-order valence-electron chi connectivity index (χ2n) is 4.93. The van der Waals surface area contributed by atoms with Crippen LogP contribution in [0.25, 0.3) is 0 Å². The number of benzene rings is 1. The average Bonchev–Trinajstić information content (AvgIpc) is 2.32. The Morgan fingerprint density at radius 3 is 2.50 bits per heavy atom. The summed E-state index contributed by atoms with van der Waals surface area (Å²) in [5.74, 6) is 0. The predicted octanol–water partition coefficient (Wildman–Crippen LogP) is 1.72. The molecule has 18 heavy (non-hydrogen) atoms. The normalized spacial score (nSPS) is 22.0. The Morgan fingerprint density at radius 1 is 1.22 bits per heavy atom. The van der Waals surface area contributed by atoms with Gasteiger partial charge in [-0.1, -0.05) is 17.7 Å². The lowest BCUT2D eigenvalue weighted by molar-refractivity contribution is 0.175. The molecule has 0 saturated carbocycles. The molecule has 0 amide bonds. The first kappa shape index (κ1) is 13.5. The van der Waals surface area contributed by atoms with E-state index in [0.717, 1.165) is 31.4 Å². The minimum Gasteiger partial charge on any atom is -0.290 e. The lowest BCUT2D eigenvalue weighted by Crippen LogP contribution is -2.48. The Hall–Kier alpha value is -0.910. The molecule has 1 aliphatic rings. The van der Waals surface area contributed by atoms with E-state index in [1.807, 2.05) is 26.1 Å². The molecule has 1 aromatic rings. The van der Waals surface area contributed by atoms with Crippen molar-refractivity contribution in [1.29, 1.82) is 0 Å². The van der Waals surface area contributed by atoms with Gasteiger partial charge in [0.25, 0.3) is 0 Å². The van der Waals surface area contributed by atoms with Gasteiger partial charge in [-0.15, -0.1) is 0 Å². The number of likely N-dealkylation sites (tertiary alicyclic amines) is 1. The quantitative estimate of drug-likeness (QED) is 0.908. The van der Waals surface area contributed by atoms with Crippen LogP contribution in [-0.2, 0) is 10.0 Å². The maximum atomic E-state index is 12.2. The molecule has 1 aromatic carbocycles. The van der Waals surface area contributed by atoms with Crippen molar-refractivity contribution in [1.82, 2.24) is 9.62 Å². The molecule has 1 saturated heterocycles. The molecule has 1 heterocycles. The first-order chi connectivity index (χ1) is 8.49. The van der Waals surface area contributed by atoms with Gasteiger partial charge in [0.2, 0.25) is 10.0 Å². The fourth-order valence-electron chi connectivity index (χ4n) is 2.19. The van der Waals surface area contributed by atoms with E-state index in [4.69, 9.17) is 0 Å². The molecular weight excluding hydrogens is 248 g/mol. The summed E-state index contributed by atoms with van der Waals surface area (Å²) in [4.78, 5) is 2.40. The summed E-state index contributed by atoms with van der Waals surface area (Å²) in [6.45, 7) is 2.89. The highest BCUT2D eigenvalue weighted by molar-refractivity contribution is 7.89. The average molecular weight is 268 g/mol. The fraction of sp³-hybridized carbons (Fsp3) is 0.538. The standard InChI is InChI=1S/C13H20N2O2S/c1-11-6-8-12(9-7-11)18(16,17)14-13-5-3-4-10-15(13)2/h6-9,13-14H,3-5,10H2,1-2H3. The van der Waals surface area contributed by atoms with Crippen LogP contribution in [0.5, 0.6) is 0 Å². The minimum atomic E-state index is -3.40. The van der Waals surface area contributed by atoms with Crippen molar-refractivity contribution < 1.29 is 8.42 Å². The van der Waals surface area contributed by atoms with Crippen molar-refractivity contribution >= 4 is 10.0 Å². The van der Waals surface area contributed by atoms with Crippen molar-refractivity contribution in [2.45, 2.75) is 37.2 Å². The van der Waals surface area contributed by atoms with Crippen LogP contribution in [0, 0.1) is 6.92 Å². The summed E-state index contributed by atoms with van der Waals surface area (Å²) < 4.78 is 27.2. The maximum Gasteiger partial charge on any atom is 0.241 e. The molecule has 1 unspecified atom stereocenters. The number of rotatable bonds is 3. The third-order valence-electron chi connectivity index (χ3n) is 3.39. The lowest BCUT2D eigenvalue weighted by atomic mass is 10.1. The van der Waals surface area contributed by atoms with Crippen molar-refractivity contribution in [3.05, 3.63) is 29.8 Å². The Balaban J connectivity index is 2.13. The smallest absolute Gasteiger partial charge is 0.241 e. The van der Waals surface area contributed by atoms with E-state index in [0.29, 0.717) is 4.90 Å². The van der Waals surface area contributed by atoms with Gasteiger partial charge in [0, 0.05) is 0 Å². The van der Waals surface area contributed by atoms with Crippen LogP contribution in [0.4, 0.5) is 0 Å². The van der Waals surface area contributed by atoms with E-state index in [9.17, 15) is 8.42 Å². The van der Waals surface area contributed by atoms with Crippen LogP contribution in [0.1, 0.15) is 24.8 Å². The molecule has 2 rings (SSSR count). The molecule has 1 fully saturated rings. The SMILES string of the molecule is Cc1ccc(S(=O)(=O)NC2CCCCN2C)cc1. The van der Waals surface area contributed by atoms with Gasteiger partial charge in [0.15, 0.2) is 0 Å². The molecule has 5 heteroatoms. The van der Waals surface area contributed by atoms with Crippen LogP contribution in [0.15, 0.2) is 29.2 Å². The van der Waals surface area contributed by atoms with Gasteiger partial charge in [-0.2, -0.15) is 4.72 Å². The van der Waals surface area contributed by atoms with Gasteiger partial charge in [-0.3, -0.25) is 4.90 Å². The molecule has 0 radical (unpaired) electrons. The first-order valence-corrected chi connectivity index (χ1v) is 7.76. The number of hydrogen-bond donors (Lipinski definition) is 1. The molecule has 0 aliphatic carbocycles. The van der Waals surface area contributed by atoms with Gasteiger partial charge in [0.05, 0.1) is 11.1 Å². The molecule has 0 aromatic heterocycles. The first-order valence-electron chi connectivity index (χ1n) is 6.28. The number of aryl methyl sites for hydroxylation is 1. The number of nitrogens with zero attached hydrogens (tertiary/aromatic N) is 1. The number of hydrogen-bond acceptors (Lipinski definition) is 3. The van der Waals surface area contributed by atoms with Gasteiger partial charge in [-0.25, -0.2) is 8.42 Å². The van der Waals surface area contributed by atoms with E-state index < -0.39 is 10.0 Å². The van der Waals surface area contributed by atoms with Crippen LogP contribution in [-0.4, -0.2) is 33.1 Å². The van der Waals surface area contributed by atoms with Gasteiger partial charge >= 0.3 is 0 Å². The van der Waals surface area contributed by atoms with E-state index in [1.165, 1.54) is 0 Å². The number of piperidine rings is 1. The van der Waals surface area contributed by atoms with Crippen molar-refractivity contribution in [3.8, 4) is 0 Å². The van der Waals surface area contributed by atoms with Crippen molar-refractivity contribution in [3.63, 3.8) is 0 Å². The summed E-state index contributed by atoms with van der Waals surface area (Å²) in [6.07, 6.45) is 3.01. The summed E-state index contributed by atoms with van der Waals surface area (Å²) in [5.41, 5.74) is 1.06. The monoisotopic (exact) mass is 268 g/mol. The molecule has 4 nitrogen and oxygen atoms in total. The van der Waals surface area contributed by atoms with E-state index in [2.05, 4.69) is 9.62 Å². The van der Waals surface area contributed by atoms with Gasteiger partial charge in [0.1, 0.15) is 0 Å². The highest BCUT2D eigenvalue weighted by Gasteiger charge is 2.24. The highest BCUT2D eigenvalue weighted by Crippen LogP contribution is 2.16. The fourth-order valence-corrected chi connectivity index (χ4v) is 3.48. The van der Waals surface area contributed by atoms with Gasteiger partial charge in [-0.05, 0) is 51.9 Å². The third-order valence-corrected chi connectivity index (χ3v) is 4.87. The van der Waals surface area contributed by atoms with Crippen LogP contribution < -0.4 is 4.72 Å². The van der Waals surface area contributed by atoms with E-state index >= 15 is 0 Å². The number of nitrogens with one attached hydrogen (secondary N) is 1. The lowest BCUT2D eigenvalue weighted by Gasteiger charge is -2.32. The number of sulfonamides is 1. The molecule has 1 N–H and O–H groups in total. The van der Waals surface area contributed by atoms with Crippen molar-refractivity contribution in [2.24, 2.45) is 0 Å². The zero-order valence-corrected chi connectivity index (χ0v) is 11.7. The molecular formula is C13H20N2O2S. The highest BCUT2D eigenvalue weighted by atomic mass is 32.2. The summed E-state index contributed by atoms with van der Waals surface area (Å²) >= 11 is 0. The molecule has 0 spiro atoms. The third kappa shape index (κ3) is 3.10. The van der Waals surface area contributed by atoms with Crippen molar-refractivity contribution in [2.75, 3.05) is 13.6 Å².